The number of methoxy groups -OCH3 is 1. The number of alkyl carbamates (subject to hydrolysis) is 1. The van der Waals surface area contributed by atoms with E-state index in [1.54, 1.807) is 33.8 Å². The molecule has 23 heavy (non-hydrogen) atoms. The van der Waals surface area contributed by atoms with E-state index in [1.807, 2.05) is 0 Å². The lowest BCUT2D eigenvalue weighted by atomic mass is 10.1. The zero-order valence-corrected chi connectivity index (χ0v) is 14.8. The van der Waals surface area contributed by atoms with Gasteiger partial charge >= 0.3 is 12.1 Å². The van der Waals surface area contributed by atoms with Crippen molar-refractivity contribution in [3.8, 4) is 0 Å². The summed E-state index contributed by atoms with van der Waals surface area (Å²) in [5, 5.41) is 2.54. The second-order valence-electron chi connectivity index (χ2n) is 6.36. The normalized spacial score (nSPS) is 12.7. The molecule has 0 heterocycles. The molecule has 6 heteroatoms. The predicted molar refractivity (Wildman–Crippen MR) is 88.1 cm³/mol. The Kier molecular flexibility index (Phi) is 9.94. The minimum Gasteiger partial charge on any atom is -0.466 e. The van der Waals surface area contributed by atoms with Gasteiger partial charge in [-0.3, -0.25) is 4.79 Å². The quantitative estimate of drug-likeness (QED) is 0.400. The minimum absolute atomic E-state index is 0.0130. The molecule has 1 N–H and O–H groups in total. The number of ether oxygens (including phenoxy) is 2. The van der Waals surface area contributed by atoms with Crippen molar-refractivity contribution in [3.05, 3.63) is 12.2 Å². The SMILES string of the molecule is COC(=O)/C=C/CCCCCC(=O)[C@H](C)NC(=O)OC(C)(C)C. The fourth-order valence-corrected chi connectivity index (χ4v) is 1.77. The lowest BCUT2D eigenvalue weighted by Gasteiger charge is -2.21. The molecule has 1 atom stereocenters. The van der Waals surface area contributed by atoms with Crippen molar-refractivity contribution < 1.29 is 23.9 Å². The molecular formula is C17H29NO5. The number of hydrogen-bond acceptors (Lipinski definition) is 5. The topological polar surface area (TPSA) is 81.7 Å². The fraction of sp³-hybridized carbons (Fsp3) is 0.706. The van der Waals surface area contributed by atoms with E-state index < -0.39 is 17.7 Å². The van der Waals surface area contributed by atoms with Gasteiger partial charge in [-0.05, 0) is 47.0 Å². The minimum atomic E-state index is -0.579. The average molecular weight is 327 g/mol. The van der Waals surface area contributed by atoms with E-state index >= 15 is 0 Å². The highest BCUT2D eigenvalue weighted by Crippen LogP contribution is 2.08. The van der Waals surface area contributed by atoms with Crippen molar-refractivity contribution >= 4 is 17.8 Å². The van der Waals surface area contributed by atoms with Crippen LogP contribution < -0.4 is 5.32 Å². The molecule has 1 amide bonds. The van der Waals surface area contributed by atoms with E-state index in [1.165, 1.54) is 13.2 Å². The molecule has 0 aromatic heterocycles. The van der Waals surface area contributed by atoms with Crippen LogP contribution >= 0.6 is 0 Å². The summed E-state index contributed by atoms with van der Waals surface area (Å²) in [6.45, 7) is 6.97. The van der Waals surface area contributed by atoms with Gasteiger partial charge in [-0.1, -0.05) is 12.5 Å². The highest BCUT2D eigenvalue weighted by Gasteiger charge is 2.20. The summed E-state index contributed by atoms with van der Waals surface area (Å²) in [6.07, 6.45) is 6.31. The molecule has 0 aliphatic heterocycles. The summed E-state index contributed by atoms with van der Waals surface area (Å²) in [5.41, 5.74) is -0.579. The Morgan fingerprint density at radius 1 is 1.13 bits per heavy atom. The number of Topliss-reactive ketones (excluding diaryl/α,β-unsaturated/α-hetero) is 1. The zero-order valence-electron chi connectivity index (χ0n) is 14.8. The third kappa shape index (κ3) is 12.4. The molecule has 0 saturated heterocycles. The summed E-state index contributed by atoms with van der Waals surface area (Å²) in [4.78, 5) is 34.3. The third-order valence-electron chi connectivity index (χ3n) is 2.97. The molecule has 0 rings (SSSR count). The van der Waals surface area contributed by atoms with Crippen molar-refractivity contribution in [1.82, 2.24) is 5.32 Å². The van der Waals surface area contributed by atoms with Crippen molar-refractivity contribution in [1.29, 1.82) is 0 Å². The summed E-state index contributed by atoms with van der Waals surface area (Å²) < 4.78 is 9.59. The van der Waals surface area contributed by atoms with Gasteiger partial charge in [0.1, 0.15) is 5.60 Å². The van der Waals surface area contributed by atoms with Crippen molar-refractivity contribution in [2.45, 2.75) is 71.4 Å². The molecular weight excluding hydrogens is 298 g/mol. The maximum absolute atomic E-state index is 11.9. The predicted octanol–water partition coefficient (Wildman–Crippen LogP) is 3.15. The Labute approximate surface area is 138 Å². The van der Waals surface area contributed by atoms with Crippen LogP contribution in [0.2, 0.25) is 0 Å². The molecule has 0 radical (unpaired) electrons. The number of amides is 1. The lowest BCUT2D eigenvalue weighted by molar-refractivity contribution is -0.134. The van der Waals surface area contributed by atoms with Crippen LogP contribution in [0, 0.1) is 0 Å². The van der Waals surface area contributed by atoms with Crippen LogP contribution in [0.4, 0.5) is 4.79 Å². The lowest BCUT2D eigenvalue weighted by Crippen LogP contribution is -2.41. The molecule has 132 valence electrons. The highest BCUT2D eigenvalue weighted by molar-refractivity contribution is 5.87. The number of carbonyl (C=O) groups is 3. The van der Waals surface area contributed by atoms with Crippen molar-refractivity contribution in [2.24, 2.45) is 0 Å². The van der Waals surface area contributed by atoms with Crippen LogP contribution in [0.15, 0.2) is 12.2 Å². The monoisotopic (exact) mass is 327 g/mol. The number of hydrogen-bond donors (Lipinski definition) is 1. The van der Waals surface area contributed by atoms with E-state index in [2.05, 4.69) is 10.1 Å². The van der Waals surface area contributed by atoms with Gasteiger partial charge in [0.05, 0.1) is 13.2 Å². The maximum Gasteiger partial charge on any atom is 0.408 e. The fourth-order valence-electron chi connectivity index (χ4n) is 1.77. The van der Waals surface area contributed by atoms with Crippen molar-refractivity contribution in [2.75, 3.05) is 7.11 Å². The van der Waals surface area contributed by atoms with Gasteiger partial charge in [-0.15, -0.1) is 0 Å². The summed E-state index contributed by atoms with van der Waals surface area (Å²) in [6, 6.07) is -0.552. The molecule has 0 aromatic carbocycles. The van der Waals surface area contributed by atoms with Crippen LogP contribution in [0.25, 0.3) is 0 Å². The summed E-state index contributed by atoms with van der Waals surface area (Å²) >= 11 is 0. The van der Waals surface area contributed by atoms with Crippen LogP contribution in [0.3, 0.4) is 0 Å². The Morgan fingerprint density at radius 2 is 1.78 bits per heavy atom. The van der Waals surface area contributed by atoms with E-state index in [0.717, 1.165) is 25.7 Å². The molecule has 0 fully saturated rings. The van der Waals surface area contributed by atoms with Crippen molar-refractivity contribution in [3.63, 3.8) is 0 Å². The molecule has 0 bridgehead atoms. The first-order valence-electron chi connectivity index (χ1n) is 7.92. The number of esters is 1. The molecule has 0 aliphatic rings. The second-order valence-corrected chi connectivity index (χ2v) is 6.36. The van der Waals surface area contributed by atoms with E-state index in [0.29, 0.717) is 6.42 Å². The summed E-state index contributed by atoms with van der Waals surface area (Å²) in [5.74, 6) is -0.372. The van der Waals surface area contributed by atoms with E-state index in [4.69, 9.17) is 4.74 Å². The van der Waals surface area contributed by atoms with E-state index in [9.17, 15) is 14.4 Å². The first kappa shape index (κ1) is 21.1. The Morgan fingerprint density at radius 3 is 2.35 bits per heavy atom. The molecule has 0 spiro atoms. The Hall–Kier alpha value is -1.85. The second kappa shape index (κ2) is 10.8. The van der Waals surface area contributed by atoms with Crippen LogP contribution in [-0.4, -0.2) is 36.6 Å². The smallest absolute Gasteiger partial charge is 0.408 e. The molecule has 6 nitrogen and oxygen atoms in total. The van der Waals surface area contributed by atoms with Gasteiger partial charge < -0.3 is 14.8 Å². The Bertz CT molecular complexity index is 423. The molecule has 0 unspecified atom stereocenters. The first-order chi connectivity index (χ1) is 10.7. The van der Waals surface area contributed by atoms with Gasteiger partial charge in [-0.25, -0.2) is 9.59 Å². The van der Waals surface area contributed by atoms with Gasteiger partial charge in [0.2, 0.25) is 0 Å². The Balaban J connectivity index is 3.83. The number of carbonyl (C=O) groups excluding carboxylic acids is 3. The third-order valence-corrected chi connectivity index (χ3v) is 2.97. The standard InChI is InChI=1S/C17H29NO5/c1-13(18-16(21)23-17(2,3)4)14(19)11-9-7-6-8-10-12-15(20)22-5/h10,12-13H,6-9,11H2,1-5H3,(H,18,21)/b12-10+/t13-/m0/s1. The highest BCUT2D eigenvalue weighted by atomic mass is 16.6. The molecule has 0 saturated carbocycles. The number of unbranched alkanes of at least 4 members (excludes halogenated alkanes) is 3. The number of allylic oxidation sites excluding steroid dienone is 1. The summed E-state index contributed by atoms with van der Waals surface area (Å²) in [7, 11) is 1.34. The number of ketones is 1. The van der Waals surface area contributed by atoms with E-state index in [-0.39, 0.29) is 11.8 Å². The number of nitrogens with one attached hydrogen (secondary N) is 1. The van der Waals surface area contributed by atoms with Crippen LogP contribution in [-0.2, 0) is 19.1 Å². The van der Waals surface area contributed by atoms with Gasteiger partial charge in [0, 0.05) is 12.5 Å². The van der Waals surface area contributed by atoms with Gasteiger partial charge in [-0.2, -0.15) is 0 Å². The van der Waals surface area contributed by atoms with Crippen LogP contribution in [0.1, 0.15) is 59.8 Å². The average Bonchev–Trinajstić information content (AvgIpc) is 2.43. The zero-order chi connectivity index (χ0) is 17.9. The van der Waals surface area contributed by atoms with Gasteiger partial charge in [0.25, 0.3) is 0 Å². The molecule has 0 aromatic rings. The first-order valence-corrected chi connectivity index (χ1v) is 7.92. The van der Waals surface area contributed by atoms with Gasteiger partial charge in [0.15, 0.2) is 5.78 Å². The maximum atomic E-state index is 11.9. The van der Waals surface area contributed by atoms with Crippen LogP contribution in [0.5, 0.6) is 0 Å². The molecule has 0 aliphatic carbocycles. The largest absolute Gasteiger partial charge is 0.466 e. The number of rotatable bonds is 9.